The van der Waals surface area contributed by atoms with Crippen LogP contribution in [0.25, 0.3) is 56.4 Å². The minimum Gasteiger partial charge on any atom is -0.497 e. The molecule has 13 nitrogen and oxygen atoms in total. The van der Waals surface area contributed by atoms with Gasteiger partial charge in [-0.25, -0.2) is 19.5 Å². The third-order valence-corrected chi connectivity index (χ3v) is 10.2. The fourth-order valence-electron chi connectivity index (χ4n) is 6.86. The first-order valence-corrected chi connectivity index (χ1v) is 19.7. The van der Waals surface area contributed by atoms with Crippen LogP contribution in [0.2, 0.25) is 0 Å². The molecule has 0 aliphatic heterocycles. The third kappa shape index (κ3) is 9.87. The summed E-state index contributed by atoms with van der Waals surface area (Å²) < 4.78 is 14.3. The number of hydroxylamine groups is 4. The zero-order chi connectivity index (χ0) is 43.9. The van der Waals surface area contributed by atoms with Gasteiger partial charge in [0.25, 0.3) is 11.8 Å². The molecule has 0 bridgehead atoms. The number of ether oxygens (including phenoxy) is 2. The maximum Gasteiger partial charge on any atom is 0.277 e. The molecule has 4 N–H and O–H groups in total. The predicted molar refractivity (Wildman–Crippen MR) is 243 cm³/mol. The molecule has 0 atom stereocenters. The second-order valence-electron chi connectivity index (χ2n) is 14.5. The van der Waals surface area contributed by atoms with Crippen molar-refractivity contribution < 1.29 is 35.0 Å². The highest BCUT2D eigenvalue weighted by molar-refractivity contribution is 6.00. The van der Waals surface area contributed by atoms with Crippen molar-refractivity contribution in [1.82, 2.24) is 29.7 Å². The summed E-state index contributed by atoms with van der Waals surface area (Å²) >= 11 is 0. The zero-order valence-corrected chi connectivity index (χ0v) is 35.7. The number of amides is 2. The number of benzene rings is 6. The Morgan fingerprint density at radius 3 is 1.16 bits per heavy atom. The van der Waals surface area contributed by atoms with Gasteiger partial charge in [0.1, 0.15) is 11.5 Å². The molecule has 0 aliphatic rings. The summed E-state index contributed by atoms with van der Waals surface area (Å²) in [6, 6.07) is 49.9. The fraction of sp³-hybridized carbons (Fsp3) is 0.120. The lowest BCUT2D eigenvalue weighted by molar-refractivity contribution is -0.0374. The summed E-state index contributed by atoms with van der Waals surface area (Å²) in [5.74, 6) is 0.530. The van der Waals surface area contributed by atoms with E-state index < -0.39 is 11.8 Å². The van der Waals surface area contributed by atoms with Gasteiger partial charge in [-0.05, 0) is 86.6 Å². The number of aromatic nitrogens is 4. The van der Waals surface area contributed by atoms with Gasteiger partial charge >= 0.3 is 0 Å². The molecule has 0 spiro atoms. The van der Waals surface area contributed by atoms with E-state index in [1.807, 2.05) is 108 Å². The van der Waals surface area contributed by atoms with Crippen LogP contribution in [0.3, 0.4) is 0 Å². The SMILES string of the molecule is COc1ccc(-n2nc(-c3ccccc3C(=O)N(C)O)cc2-c2ccc(C)cc2)cc1.COc1ccc(-n2nc(-c3ccccc3C(=O)N(C)O)cc2-c2ccc(C)cc2)cc1.O. The monoisotopic (exact) mass is 844 g/mol. The molecule has 2 heterocycles. The molecular weight excluding hydrogens is 797 g/mol. The lowest BCUT2D eigenvalue weighted by atomic mass is 10.0. The standard InChI is InChI=1S/2C25H23N3O3.H2O/c2*1-17-8-10-18(11-9-17)24-16-23(21-6-4-5-7-22(21)25(29)27(2)30)26-28(24)19-12-14-20(31-3)15-13-19;/h2*4-16,30H,1-3H3;1H2. The minimum absolute atomic E-state index is 0. The summed E-state index contributed by atoms with van der Waals surface area (Å²) in [5.41, 5.74) is 11.2. The largest absolute Gasteiger partial charge is 0.497 e. The molecule has 0 saturated heterocycles. The Labute approximate surface area is 365 Å². The van der Waals surface area contributed by atoms with Crippen LogP contribution in [0.1, 0.15) is 31.8 Å². The first kappa shape index (κ1) is 44.7. The van der Waals surface area contributed by atoms with E-state index in [0.29, 0.717) is 43.8 Å². The van der Waals surface area contributed by atoms with Crippen LogP contribution in [-0.4, -0.2) is 85.7 Å². The third-order valence-electron chi connectivity index (χ3n) is 10.2. The molecule has 13 heteroatoms. The van der Waals surface area contributed by atoms with E-state index in [0.717, 1.165) is 45.4 Å². The van der Waals surface area contributed by atoms with E-state index in [4.69, 9.17) is 19.7 Å². The number of aryl methyl sites for hydroxylation is 2. The molecule has 2 aromatic heterocycles. The number of nitrogens with zero attached hydrogens (tertiary/aromatic N) is 6. The summed E-state index contributed by atoms with van der Waals surface area (Å²) in [6.45, 7) is 4.09. The average Bonchev–Trinajstić information content (AvgIpc) is 3.95. The quantitative estimate of drug-likeness (QED) is 0.102. The van der Waals surface area contributed by atoms with E-state index in [2.05, 4.69) is 48.5 Å². The van der Waals surface area contributed by atoms with Gasteiger partial charge in [-0.15, -0.1) is 0 Å². The Hall–Kier alpha value is -7.84. The van der Waals surface area contributed by atoms with Crippen molar-refractivity contribution in [1.29, 1.82) is 0 Å². The van der Waals surface area contributed by atoms with E-state index in [-0.39, 0.29) is 5.48 Å². The lowest BCUT2D eigenvalue weighted by Crippen LogP contribution is -2.23. The first-order valence-electron chi connectivity index (χ1n) is 19.7. The first-order chi connectivity index (χ1) is 29.9. The van der Waals surface area contributed by atoms with Gasteiger partial charge in [0.15, 0.2) is 0 Å². The van der Waals surface area contributed by atoms with Crippen molar-refractivity contribution in [2.45, 2.75) is 13.8 Å². The highest BCUT2D eigenvalue weighted by atomic mass is 16.5. The van der Waals surface area contributed by atoms with Crippen LogP contribution in [0.5, 0.6) is 11.5 Å². The molecule has 0 unspecified atom stereocenters. The van der Waals surface area contributed by atoms with Crippen molar-refractivity contribution in [2.24, 2.45) is 0 Å². The molecule has 320 valence electrons. The van der Waals surface area contributed by atoms with E-state index in [1.54, 1.807) is 38.5 Å². The zero-order valence-electron chi connectivity index (χ0n) is 35.7. The smallest absolute Gasteiger partial charge is 0.277 e. The molecule has 8 aromatic rings. The van der Waals surface area contributed by atoms with Crippen molar-refractivity contribution in [3.8, 4) is 67.9 Å². The average molecular weight is 845 g/mol. The van der Waals surface area contributed by atoms with Crippen LogP contribution in [-0.2, 0) is 0 Å². The highest BCUT2D eigenvalue weighted by Crippen LogP contribution is 2.33. The topological polar surface area (TPSA) is 167 Å². The van der Waals surface area contributed by atoms with Crippen molar-refractivity contribution in [3.63, 3.8) is 0 Å². The second kappa shape index (κ2) is 19.7. The molecule has 0 aliphatic carbocycles. The van der Waals surface area contributed by atoms with Crippen molar-refractivity contribution >= 4 is 11.8 Å². The van der Waals surface area contributed by atoms with Gasteiger partial charge in [-0.3, -0.25) is 20.0 Å². The number of hydrogen-bond acceptors (Lipinski definition) is 8. The molecule has 0 fully saturated rings. The number of rotatable bonds is 10. The van der Waals surface area contributed by atoms with Crippen molar-refractivity contribution in [2.75, 3.05) is 28.3 Å². The maximum atomic E-state index is 12.5. The van der Waals surface area contributed by atoms with Crippen LogP contribution >= 0.6 is 0 Å². The summed E-state index contributed by atoms with van der Waals surface area (Å²) in [6.07, 6.45) is 0. The maximum absolute atomic E-state index is 12.5. The van der Waals surface area contributed by atoms with E-state index in [9.17, 15) is 20.0 Å². The number of hydrogen-bond donors (Lipinski definition) is 2. The number of methoxy groups -OCH3 is 2. The molecular formula is C50H48N6O7. The van der Waals surface area contributed by atoms with Gasteiger partial charge in [0.2, 0.25) is 0 Å². The number of carbonyl (C=O) groups excluding carboxylic acids is 2. The van der Waals surface area contributed by atoms with Crippen molar-refractivity contribution in [3.05, 3.63) is 180 Å². The van der Waals surface area contributed by atoms with E-state index in [1.165, 1.54) is 25.2 Å². The molecule has 0 saturated carbocycles. The number of carbonyl (C=O) groups is 2. The van der Waals surface area contributed by atoms with Gasteiger partial charge < -0.3 is 14.9 Å². The Morgan fingerprint density at radius 2 is 0.841 bits per heavy atom. The van der Waals surface area contributed by atoms with Gasteiger partial charge in [-0.1, -0.05) is 96.1 Å². The Bertz CT molecular complexity index is 2620. The molecule has 63 heavy (non-hydrogen) atoms. The van der Waals surface area contributed by atoms with E-state index >= 15 is 0 Å². The highest BCUT2D eigenvalue weighted by Gasteiger charge is 2.22. The Kier molecular flexibility index (Phi) is 14.0. The predicted octanol–water partition coefficient (Wildman–Crippen LogP) is 9.14. The van der Waals surface area contributed by atoms with Crippen LogP contribution in [0.4, 0.5) is 0 Å². The summed E-state index contributed by atoms with van der Waals surface area (Å²) in [5, 5.41) is 30.2. The Balaban J connectivity index is 0.000000206. The van der Waals surface area contributed by atoms with Crippen LogP contribution in [0, 0.1) is 13.8 Å². The normalized spacial score (nSPS) is 10.5. The van der Waals surface area contributed by atoms with Gasteiger partial charge in [0.05, 0.1) is 59.5 Å². The summed E-state index contributed by atoms with van der Waals surface area (Å²) in [4.78, 5) is 25.0. The molecule has 0 radical (unpaired) electrons. The minimum atomic E-state index is -0.494. The molecule has 2 amide bonds. The second-order valence-corrected chi connectivity index (χ2v) is 14.5. The van der Waals surface area contributed by atoms with Crippen LogP contribution in [0.15, 0.2) is 158 Å². The van der Waals surface area contributed by atoms with Gasteiger partial charge in [-0.2, -0.15) is 10.2 Å². The molecule has 6 aromatic carbocycles. The van der Waals surface area contributed by atoms with Crippen LogP contribution < -0.4 is 9.47 Å². The summed E-state index contributed by atoms with van der Waals surface area (Å²) in [7, 11) is 5.88. The van der Waals surface area contributed by atoms with Gasteiger partial charge in [0, 0.05) is 36.3 Å². The lowest BCUT2D eigenvalue weighted by Gasteiger charge is -2.11. The Morgan fingerprint density at radius 1 is 0.508 bits per heavy atom. The fourth-order valence-corrected chi connectivity index (χ4v) is 6.86. The molecule has 8 rings (SSSR count).